The molecule has 43 heavy (non-hydrogen) atoms. The Morgan fingerprint density at radius 2 is 1.60 bits per heavy atom. The van der Waals surface area contributed by atoms with Gasteiger partial charge in [-0.05, 0) is 82.4 Å². The zero-order valence-electron chi connectivity index (χ0n) is 26.0. The minimum Gasteiger partial charge on any atom is -0.369 e. The van der Waals surface area contributed by atoms with Crippen LogP contribution in [0.4, 0.5) is 5.69 Å². The van der Waals surface area contributed by atoms with Crippen molar-refractivity contribution in [1.29, 1.82) is 0 Å². The molecule has 3 aromatic carbocycles. The summed E-state index contributed by atoms with van der Waals surface area (Å²) in [6.07, 6.45) is 1.63. The van der Waals surface area contributed by atoms with Crippen LogP contribution in [0, 0.1) is 13.8 Å². The summed E-state index contributed by atoms with van der Waals surface area (Å²) in [4.78, 5) is 30.9. The number of benzene rings is 3. The van der Waals surface area contributed by atoms with Gasteiger partial charge in [-0.1, -0.05) is 64.7 Å². The summed E-state index contributed by atoms with van der Waals surface area (Å²) in [5.41, 5.74) is 6.27. The molecule has 1 fully saturated rings. The first-order chi connectivity index (χ1) is 20.7. The Morgan fingerprint density at radius 3 is 2.23 bits per heavy atom. The highest BCUT2D eigenvalue weighted by Gasteiger charge is 2.23. The molecule has 2 amide bonds. The number of hydrogen-bond acceptors (Lipinski definition) is 5. The molecule has 1 atom stereocenters. The normalized spacial score (nSPS) is 14.0. The maximum absolute atomic E-state index is 13.3. The van der Waals surface area contributed by atoms with Crippen molar-refractivity contribution in [2.45, 2.75) is 32.7 Å². The lowest BCUT2D eigenvalue weighted by Crippen LogP contribution is -2.47. The molecule has 4 rings (SSSR count). The molecule has 0 unspecified atom stereocenters. The quantitative estimate of drug-likeness (QED) is 0.265. The number of nitrogens with zero attached hydrogens (tertiary/aromatic N) is 3. The molecule has 0 radical (unpaired) electrons. The van der Waals surface area contributed by atoms with Crippen LogP contribution in [-0.2, 0) is 11.3 Å². The van der Waals surface area contributed by atoms with Gasteiger partial charge in [0.1, 0.15) is 0 Å². The molecule has 1 saturated heterocycles. The molecule has 1 heterocycles. The van der Waals surface area contributed by atoms with E-state index in [0.717, 1.165) is 67.8 Å². The molecule has 2 N–H and O–H groups in total. The Bertz CT molecular complexity index is 1320. The summed E-state index contributed by atoms with van der Waals surface area (Å²) in [6, 6.07) is 20.0. The zero-order valence-corrected chi connectivity index (χ0v) is 27.5. The van der Waals surface area contributed by atoms with Crippen LogP contribution in [0.25, 0.3) is 0 Å². The lowest BCUT2D eigenvalue weighted by molar-refractivity contribution is -0.109. The number of halogens is 2. The van der Waals surface area contributed by atoms with E-state index in [1.807, 2.05) is 82.4 Å². The number of hydrogen-bond donors (Lipinski definition) is 2. The van der Waals surface area contributed by atoms with E-state index in [1.165, 1.54) is 5.69 Å². The molecular weight excluding hydrogens is 581 g/mol. The van der Waals surface area contributed by atoms with Gasteiger partial charge in [-0.2, -0.15) is 0 Å². The van der Waals surface area contributed by atoms with Gasteiger partial charge in [0.05, 0.1) is 10.0 Å². The molecule has 0 aliphatic carbocycles. The first-order valence-electron chi connectivity index (χ1n) is 14.8. The molecule has 0 aromatic heterocycles. The minimum atomic E-state index is 0.0215. The fraction of sp³-hybridized carbons (Fsp3) is 0.412. The van der Waals surface area contributed by atoms with E-state index in [0.29, 0.717) is 28.7 Å². The fourth-order valence-corrected chi connectivity index (χ4v) is 5.84. The Morgan fingerprint density at radius 1 is 0.953 bits per heavy atom. The van der Waals surface area contributed by atoms with Crippen LogP contribution in [0.5, 0.6) is 0 Å². The van der Waals surface area contributed by atoms with Crippen molar-refractivity contribution in [1.82, 2.24) is 20.4 Å². The van der Waals surface area contributed by atoms with Crippen molar-refractivity contribution in [2.24, 2.45) is 0 Å². The topological polar surface area (TPSA) is 67.9 Å². The lowest BCUT2D eigenvalue weighted by Gasteiger charge is -2.37. The number of piperazine rings is 1. The van der Waals surface area contributed by atoms with Crippen molar-refractivity contribution >= 4 is 41.2 Å². The predicted molar refractivity (Wildman–Crippen MR) is 180 cm³/mol. The van der Waals surface area contributed by atoms with Gasteiger partial charge in [-0.3, -0.25) is 14.5 Å². The van der Waals surface area contributed by atoms with Crippen LogP contribution in [-0.4, -0.2) is 82.5 Å². The van der Waals surface area contributed by atoms with Gasteiger partial charge in [0.25, 0.3) is 5.91 Å². The highest BCUT2D eigenvalue weighted by Crippen LogP contribution is 2.30. The molecule has 1 aliphatic heterocycles. The lowest BCUT2D eigenvalue weighted by atomic mass is 9.94. The third-order valence-corrected chi connectivity index (χ3v) is 8.34. The molecule has 0 saturated carbocycles. The van der Waals surface area contributed by atoms with Crippen LogP contribution in [0.3, 0.4) is 0 Å². The second-order valence-electron chi connectivity index (χ2n) is 11.2. The second kappa shape index (κ2) is 17.3. The first-order valence-corrected chi connectivity index (χ1v) is 15.5. The van der Waals surface area contributed by atoms with Gasteiger partial charge in [0.2, 0.25) is 6.41 Å². The Balaban J connectivity index is 0.00000162. The first kappa shape index (κ1) is 34.4. The van der Waals surface area contributed by atoms with Crippen LogP contribution >= 0.6 is 23.2 Å². The molecule has 3 aromatic rings. The number of para-hydroxylation sites is 1. The Hall–Kier alpha value is -3.10. The molecule has 9 heteroatoms. The monoisotopic (exact) mass is 625 g/mol. The number of anilines is 1. The summed E-state index contributed by atoms with van der Waals surface area (Å²) in [5, 5.41) is 6.60. The van der Waals surface area contributed by atoms with E-state index in [1.54, 1.807) is 0 Å². The molecule has 0 bridgehead atoms. The largest absolute Gasteiger partial charge is 0.369 e. The van der Waals surface area contributed by atoms with Gasteiger partial charge in [0, 0.05) is 63.5 Å². The zero-order chi connectivity index (χ0) is 31.4. The van der Waals surface area contributed by atoms with Crippen molar-refractivity contribution in [3.05, 3.63) is 98.5 Å². The van der Waals surface area contributed by atoms with Gasteiger partial charge in [-0.15, -0.1) is 0 Å². The van der Waals surface area contributed by atoms with E-state index in [9.17, 15) is 9.59 Å². The summed E-state index contributed by atoms with van der Waals surface area (Å²) >= 11 is 12.6. The van der Waals surface area contributed by atoms with E-state index >= 15 is 0 Å². The SMILES string of the molecule is CNC.Cc1cc(C)cc(C(=O)N(C)C[C@@H](CCN2CCN(c3ccccc3CNC=O)CC2)c2ccc(Cl)c(Cl)c2)c1. The van der Waals surface area contributed by atoms with Gasteiger partial charge >= 0.3 is 0 Å². The number of likely N-dealkylation sites (N-methyl/N-ethyl adjacent to an activating group) is 1. The minimum absolute atomic E-state index is 0.0215. The third kappa shape index (κ3) is 10.2. The molecule has 1 aliphatic rings. The molecule has 7 nitrogen and oxygen atoms in total. The number of carbonyl (C=O) groups excluding carboxylic acids is 2. The van der Waals surface area contributed by atoms with Crippen molar-refractivity contribution in [3.8, 4) is 0 Å². The molecule has 0 spiro atoms. The summed E-state index contributed by atoms with van der Waals surface area (Å²) in [5.74, 6) is 0.135. The maximum Gasteiger partial charge on any atom is 0.253 e. The smallest absolute Gasteiger partial charge is 0.253 e. The van der Waals surface area contributed by atoms with Crippen LogP contribution < -0.4 is 15.5 Å². The Kier molecular flexibility index (Phi) is 13.8. The summed E-state index contributed by atoms with van der Waals surface area (Å²) < 4.78 is 0. The third-order valence-electron chi connectivity index (χ3n) is 7.60. The average Bonchev–Trinajstić information content (AvgIpc) is 2.99. The molecule has 232 valence electrons. The average molecular weight is 627 g/mol. The van der Waals surface area contributed by atoms with Gasteiger partial charge in [0.15, 0.2) is 0 Å². The van der Waals surface area contributed by atoms with E-state index in [-0.39, 0.29) is 11.8 Å². The standard InChI is InChI=1S/C32H38Cl2N4O2.C2H7N/c1-23-16-24(2)18-28(17-23)32(40)36(3)21-27(25-8-9-29(33)30(34)19-25)10-11-37-12-14-38(15-13-37)31-7-5-4-6-26(31)20-35-22-39;1-3-2/h4-9,16-19,22,27H,10-15,20-21H2,1-3H3,(H,35,39);3H,1-2H3/t27-;/m1./s1. The van der Waals surface area contributed by atoms with E-state index < -0.39 is 0 Å². The fourth-order valence-electron chi connectivity index (χ4n) is 5.53. The van der Waals surface area contributed by atoms with Crippen molar-refractivity contribution in [2.75, 3.05) is 65.3 Å². The van der Waals surface area contributed by atoms with E-state index in [4.69, 9.17) is 23.2 Å². The summed E-state index contributed by atoms with van der Waals surface area (Å²) in [7, 11) is 5.63. The predicted octanol–water partition coefficient (Wildman–Crippen LogP) is 5.76. The van der Waals surface area contributed by atoms with Gasteiger partial charge < -0.3 is 20.4 Å². The number of amides is 2. The Labute approximate surface area is 267 Å². The van der Waals surface area contributed by atoms with Crippen LogP contribution in [0.1, 0.15) is 45.0 Å². The number of rotatable bonds is 11. The summed E-state index contributed by atoms with van der Waals surface area (Å²) in [6.45, 7) is 9.79. The number of aryl methyl sites for hydroxylation is 2. The number of carbonyl (C=O) groups is 2. The highest BCUT2D eigenvalue weighted by molar-refractivity contribution is 6.42. The molecular formula is C34H45Cl2N5O2. The van der Waals surface area contributed by atoms with Crippen molar-refractivity contribution in [3.63, 3.8) is 0 Å². The van der Waals surface area contributed by atoms with E-state index in [2.05, 4.69) is 38.6 Å². The second-order valence-corrected chi connectivity index (χ2v) is 12.0. The van der Waals surface area contributed by atoms with Gasteiger partial charge in [-0.25, -0.2) is 0 Å². The van der Waals surface area contributed by atoms with Crippen LogP contribution in [0.15, 0.2) is 60.7 Å². The highest BCUT2D eigenvalue weighted by atomic mass is 35.5. The number of nitrogens with one attached hydrogen (secondary N) is 2. The maximum atomic E-state index is 13.3. The van der Waals surface area contributed by atoms with Crippen LogP contribution in [0.2, 0.25) is 10.0 Å². The van der Waals surface area contributed by atoms with Crippen molar-refractivity contribution < 1.29 is 9.59 Å².